The van der Waals surface area contributed by atoms with Gasteiger partial charge in [-0.05, 0) is 43.7 Å². The monoisotopic (exact) mass is 478 g/mol. The van der Waals surface area contributed by atoms with Gasteiger partial charge in [-0.2, -0.15) is 10.2 Å². The van der Waals surface area contributed by atoms with Crippen molar-refractivity contribution in [1.82, 2.24) is 34.4 Å². The molecule has 2 N–H and O–H groups in total. The molecule has 0 atom stereocenters. The van der Waals surface area contributed by atoms with Crippen molar-refractivity contribution in [2.45, 2.75) is 20.4 Å². The molecule has 0 aliphatic rings. The molecule has 0 spiro atoms. The summed E-state index contributed by atoms with van der Waals surface area (Å²) in [6, 6.07) is 7.63. The molecule has 0 aliphatic heterocycles. The Balaban J connectivity index is 1.41. The molecule has 5 aromatic rings. The number of fused-ring (bicyclic) bond motifs is 3. The molecule has 4 aromatic heterocycles. The first-order chi connectivity index (χ1) is 17.3. The summed E-state index contributed by atoms with van der Waals surface area (Å²) >= 11 is 0. The lowest BCUT2D eigenvalue weighted by Gasteiger charge is -2.22. The van der Waals surface area contributed by atoms with Gasteiger partial charge in [-0.15, -0.1) is 0 Å². The van der Waals surface area contributed by atoms with Gasteiger partial charge in [-0.3, -0.25) is 19.1 Å². The van der Waals surface area contributed by atoms with Crippen LogP contribution >= 0.6 is 0 Å². The fourth-order valence-corrected chi connectivity index (χ4v) is 4.25. The second kappa shape index (κ2) is 9.15. The minimum atomic E-state index is -0.0636. The van der Waals surface area contributed by atoms with E-state index in [-0.39, 0.29) is 5.91 Å². The maximum Gasteiger partial charge on any atom is 0.254 e. The molecule has 180 valence electrons. The summed E-state index contributed by atoms with van der Waals surface area (Å²) < 4.78 is 3.48. The molecular weight excluding hydrogens is 452 g/mol. The minimum absolute atomic E-state index is 0.0636. The SMILES string of the molecule is CCN(Cc1ccc(C#Cc2cnn(C)c2)cn1)C(=O)c1cc2c(cc1C)nc(N)c1cnn(C)c12. The Bertz CT molecular complexity index is 1670. The van der Waals surface area contributed by atoms with Gasteiger partial charge in [-0.25, -0.2) is 4.98 Å². The fourth-order valence-electron chi connectivity index (χ4n) is 4.25. The van der Waals surface area contributed by atoms with Crippen LogP contribution in [0.2, 0.25) is 0 Å². The maximum absolute atomic E-state index is 13.6. The van der Waals surface area contributed by atoms with Crippen LogP contribution in [0.25, 0.3) is 21.8 Å². The predicted octanol–water partition coefficient (Wildman–Crippen LogP) is 3.20. The minimum Gasteiger partial charge on any atom is -0.383 e. The number of aromatic nitrogens is 6. The number of carbonyl (C=O) groups is 1. The third kappa shape index (κ3) is 4.25. The molecule has 0 aliphatic carbocycles. The van der Waals surface area contributed by atoms with E-state index in [4.69, 9.17) is 5.73 Å². The number of carbonyl (C=O) groups excluding carboxylic acids is 1. The Morgan fingerprint density at radius 2 is 1.86 bits per heavy atom. The van der Waals surface area contributed by atoms with E-state index in [1.165, 1.54) is 0 Å². The fraction of sp³-hybridized carbons (Fsp3) is 0.222. The average molecular weight is 479 g/mol. The van der Waals surface area contributed by atoms with Gasteiger partial charge in [-0.1, -0.05) is 11.8 Å². The second-order valence-corrected chi connectivity index (χ2v) is 8.72. The van der Waals surface area contributed by atoms with Crippen molar-refractivity contribution in [1.29, 1.82) is 0 Å². The van der Waals surface area contributed by atoms with E-state index in [0.717, 1.165) is 44.2 Å². The highest BCUT2D eigenvalue weighted by Gasteiger charge is 2.20. The predicted molar refractivity (Wildman–Crippen MR) is 139 cm³/mol. The van der Waals surface area contributed by atoms with Crippen LogP contribution in [0.4, 0.5) is 5.82 Å². The van der Waals surface area contributed by atoms with E-state index in [2.05, 4.69) is 32.0 Å². The van der Waals surface area contributed by atoms with Crippen LogP contribution in [0.15, 0.2) is 49.1 Å². The number of aryl methyl sites for hydroxylation is 3. The lowest BCUT2D eigenvalue weighted by Crippen LogP contribution is -2.31. The number of nitrogen functional groups attached to an aromatic ring is 1. The summed E-state index contributed by atoms with van der Waals surface area (Å²) in [5.74, 6) is 6.54. The van der Waals surface area contributed by atoms with Crippen molar-refractivity contribution >= 4 is 33.5 Å². The van der Waals surface area contributed by atoms with Crippen molar-refractivity contribution in [3.05, 3.63) is 77.0 Å². The number of rotatable bonds is 4. The third-order valence-corrected chi connectivity index (χ3v) is 6.19. The molecule has 0 unspecified atom stereocenters. The zero-order chi connectivity index (χ0) is 25.4. The summed E-state index contributed by atoms with van der Waals surface area (Å²) in [5.41, 5.74) is 11.6. The van der Waals surface area contributed by atoms with Crippen LogP contribution in [-0.4, -0.2) is 46.9 Å². The first kappa shape index (κ1) is 23.1. The third-order valence-electron chi connectivity index (χ3n) is 6.19. The molecule has 0 saturated heterocycles. The molecule has 1 aromatic carbocycles. The summed E-state index contributed by atoms with van der Waals surface area (Å²) in [4.78, 5) is 24.4. The number of hydrogen-bond donors (Lipinski definition) is 1. The van der Waals surface area contributed by atoms with E-state index in [0.29, 0.717) is 24.5 Å². The van der Waals surface area contributed by atoms with E-state index in [9.17, 15) is 4.79 Å². The van der Waals surface area contributed by atoms with Gasteiger partial charge in [0.05, 0.1) is 46.6 Å². The zero-order valence-electron chi connectivity index (χ0n) is 20.6. The standard InChI is InChI=1S/C27H26N8O/c1-5-35(16-20-9-8-18(12-29-20)6-7-19-13-30-33(3)15-19)27(36)21-11-22-24(10-17(21)2)32-26(28)23-14-31-34(4)25(22)23/h8-15H,5,16H2,1-4H3,(H2,28,32). The van der Waals surface area contributed by atoms with Crippen LogP contribution in [0.5, 0.6) is 0 Å². The topological polar surface area (TPSA) is 108 Å². The van der Waals surface area contributed by atoms with E-state index >= 15 is 0 Å². The van der Waals surface area contributed by atoms with Crippen molar-refractivity contribution < 1.29 is 4.79 Å². The molecule has 5 rings (SSSR count). The largest absolute Gasteiger partial charge is 0.383 e. The molecule has 4 heterocycles. The Hall–Kier alpha value is -4.71. The smallest absolute Gasteiger partial charge is 0.254 e. The number of nitrogens with zero attached hydrogens (tertiary/aromatic N) is 7. The Kier molecular flexibility index (Phi) is 5.86. The Morgan fingerprint density at radius 1 is 1.06 bits per heavy atom. The quantitative estimate of drug-likeness (QED) is 0.398. The number of amides is 1. The Labute approximate surface area is 208 Å². The van der Waals surface area contributed by atoms with Crippen molar-refractivity contribution in [3.63, 3.8) is 0 Å². The van der Waals surface area contributed by atoms with Gasteiger partial charge in [0.25, 0.3) is 5.91 Å². The molecule has 0 fully saturated rings. The number of nitrogens with two attached hydrogens (primary N) is 1. The van der Waals surface area contributed by atoms with Crippen molar-refractivity contribution in [3.8, 4) is 11.8 Å². The van der Waals surface area contributed by atoms with Crippen LogP contribution < -0.4 is 5.73 Å². The zero-order valence-corrected chi connectivity index (χ0v) is 20.6. The van der Waals surface area contributed by atoms with Crippen LogP contribution in [0.3, 0.4) is 0 Å². The maximum atomic E-state index is 13.6. The van der Waals surface area contributed by atoms with Crippen LogP contribution in [0, 0.1) is 18.8 Å². The summed E-state index contributed by atoms with van der Waals surface area (Å²) in [5, 5.41) is 10.1. The van der Waals surface area contributed by atoms with Crippen LogP contribution in [-0.2, 0) is 20.6 Å². The molecular formula is C27H26N8O. The average Bonchev–Trinajstić information content (AvgIpc) is 3.47. The van der Waals surface area contributed by atoms with Gasteiger partial charge in [0.15, 0.2) is 0 Å². The lowest BCUT2D eigenvalue weighted by molar-refractivity contribution is 0.0750. The number of hydrogen-bond acceptors (Lipinski definition) is 6. The molecule has 1 amide bonds. The second-order valence-electron chi connectivity index (χ2n) is 8.72. The number of benzene rings is 1. The summed E-state index contributed by atoms with van der Waals surface area (Å²) in [7, 11) is 3.71. The molecule has 9 nitrogen and oxygen atoms in total. The van der Waals surface area contributed by atoms with Gasteiger partial charge in [0.2, 0.25) is 0 Å². The van der Waals surface area contributed by atoms with Gasteiger partial charge >= 0.3 is 0 Å². The summed E-state index contributed by atoms with van der Waals surface area (Å²) in [6.45, 7) is 4.81. The van der Waals surface area contributed by atoms with E-state index in [1.807, 2.05) is 58.4 Å². The first-order valence-electron chi connectivity index (χ1n) is 11.6. The van der Waals surface area contributed by atoms with E-state index < -0.39 is 0 Å². The van der Waals surface area contributed by atoms with Gasteiger partial charge in [0, 0.05) is 49.5 Å². The number of pyridine rings is 2. The summed E-state index contributed by atoms with van der Waals surface area (Å²) in [6.07, 6.45) is 7.01. The van der Waals surface area contributed by atoms with Gasteiger partial charge < -0.3 is 10.6 Å². The lowest BCUT2D eigenvalue weighted by atomic mass is 10.0. The molecule has 0 radical (unpaired) electrons. The van der Waals surface area contributed by atoms with Gasteiger partial charge in [0.1, 0.15) is 5.82 Å². The normalized spacial score (nSPS) is 11.0. The molecule has 0 saturated carbocycles. The van der Waals surface area contributed by atoms with Crippen molar-refractivity contribution in [2.24, 2.45) is 14.1 Å². The highest BCUT2D eigenvalue weighted by molar-refractivity contribution is 6.10. The Morgan fingerprint density at radius 3 is 2.56 bits per heavy atom. The molecule has 9 heteroatoms. The highest BCUT2D eigenvalue weighted by atomic mass is 16.2. The molecule has 36 heavy (non-hydrogen) atoms. The molecule has 0 bridgehead atoms. The highest BCUT2D eigenvalue weighted by Crippen LogP contribution is 2.30. The van der Waals surface area contributed by atoms with Crippen molar-refractivity contribution in [2.75, 3.05) is 12.3 Å². The van der Waals surface area contributed by atoms with E-state index in [1.54, 1.807) is 32.9 Å². The van der Waals surface area contributed by atoms with Crippen LogP contribution in [0.1, 0.15) is 39.7 Å². The first-order valence-corrected chi connectivity index (χ1v) is 11.6. The number of anilines is 1.